The van der Waals surface area contributed by atoms with Gasteiger partial charge in [-0.05, 0) is 18.2 Å². The van der Waals surface area contributed by atoms with Gasteiger partial charge in [0.25, 0.3) is 11.4 Å². The third kappa shape index (κ3) is 4.32. The van der Waals surface area contributed by atoms with Crippen LogP contribution in [-0.2, 0) is 22.7 Å². The molecule has 0 saturated carbocycles. The molecule has 0 radical (unpaired) electrons. The number of ether oxygens (including phenoxy) is 3. The molecule has 9 heteroatoms. The van der Waals surface area contributed by atoms with Crippen LogP contribution in [0.25, 0.3) is 11.4 Å². The predicted molar refractivity (Wildman–Crippen MR) is 93.3 cm³/mol. The van der Waals surface area contributed by atoms with Crippen LogP contribution in [0.3, 0.4) is 0 Å². The van der Waals surface area contributed by atoms with Crippen molar-refractivity contribution in [2.45, 2.75) is 13.2 Å². The SMILES string of the molecule is COc1ccc(-c2noc(COC(=O)Cn3ccccc3=O)n2)c(OC)c1. The Balaban J connectivity index is 1.65. The lowest BCUT2D eigenvalue weighted by Gasteiger charge is -2.07. The smallest absolute Gasteiger partial charge is 0.326 e. The Morgan fingerprint density at radius 3 is 2.78 bits per heavy atom. The van der Waals surface area contributed by atoms with E-state index in [9.17, 15) is 9.59 Å². The highest BCUT2D eigenvalue weighted by molar-refractivity contribution is 5.69. The second-order valence-corrected chi connectivity index (χ2v) is 5.41. The van der Waals surface area contributed by atoms with Gasteiger partial charge in [0.05, 0.1) is 19.8 Å². The van der Waals surface area contributed by atoms with Gasteiger partial charge in [0.2, 0.25) is 5.82 Å². The summed E-state index contributed by atoms with van der Waals surface area (Å²) in [5, 5.41) is 3.87. The molecule has 3 rings (SSSR count). The maximum absolute atomic E-state index is 11.9. The van der Waals surface area contributed by atoms with E-state index in [0.717, 1.165) is 0 Å². The highest BCUT2D eigenvalue weighted by atomic mass is 16.6. The lowest BCUT2D eigenvalue weighted by atomic mass is 10.2. The molecule has 0 spiro atoms. The highest BCUT2D eigenvalue weighted by Crippen LogP contribution is 2.31. The van der Waals surface area contributed by atoms with Crippen molar-refractivity contribution >= 4 is 5.97 Å². The normalized spacial score (nSPS) is 10.4. The van der Waals surface area contributed by atoms with E-state index in [0.29, 0.717) is 22.9 Å². The van der Waals surface area contributed by atoms with Crippen molar-refractivity contribution in [3.8, 4) is 22.9 Å². The zero-order chi connectivity index (χ0) is 19.2. The zero-order valence-corrected chi connectivity index (χ0v) is 14.7. The van der Waals surface area contributed by atoms with Crippen LogP contribution in [0.5, 0.6) is 11.5 Å². The van der Waals surface area contributed by atoms with Crippen LogP contribution in [0.15, 0.2) is 51.9 Å². The van der Waals surface area contributed by atoms with E-state index in [1.54, 1.807) is 37.4 Å². The number of benzene rings is 1. The lowest BCUT2D eigenvalue weighted by molar-refractivity contribution is -0.146. The van der Waals surface area contributed by atoms with Gasteiger partial charge in [0.15, 0.2) is 6.61 Å². The van der Waals surface area contributed by atoms with Gasteiger partial charge in [-0.1, -0.05) is 11.2 Å². The third-order valence-corrected chi connectivity index (χ3v) is 3.67. The van der Waals surface area contributed by atoms with E-state index in [4.69, 9.17) is 18.7 Å². The molecule has 140 valence electrons. The van der Waals surface area contributed by atoms with E-state index in [1.165, 1.54) is 23.9 Å². The van der Waals surface area contributed by atoms with Crippen LogP contribution in [0.2, 0.25) is 0 Å². The Bertz CT molecular complexity index is 995. The number of hydrogen-bond acceptors (Lipinski definition) is 8. The summed E-state index contributed by atoms with van der Waals surface area (Å²) in [6.07, 6.45) is 1.50. The molecule has 1 aromatic carbocycles. The summed E-state index contributed by atoms with van der Waals surface area (Å²) < 4.78 is 21.9. The first kappa shape index (κ1) is 18.2. The van der Waals surface area contributed by atoms with Gasteiger partial charge in [0, 0.05) is 18.3 Å². The summed E-state index contributed by atoms with van der Waals surface area (Å²) in [5.74, 6) is 0.966. The fourth-order valence-corrected chi connectivity index (χ4v) is 2.32. The van der Waals surface area contributed by atoms with Crippen LogP contribution in [-0.4, -0.2) is 34.9 Å². The average molecular weight is 371 g/mol. The molecule has 0 N–H and O–H groups in total. The molecule has 2 aromatic heterocycles. The number of methoxy groups -OCH3 is 2. The molecule has 9 nitrogen and oxygen atoms in total. The summed E-state index contributed by atoms with van der Waals surface area (Å²) in [6.45, 7) is -0.404. The molecule has 0 atom stereocenters. The Hall–Kier alpha value is -3.62. The molecule has 0 unspecified atom stereocenters. The first-order valence-electron chi connectivity index (χ1n) is 7.97. The van der Waals surface area contributed by atoms with Crippen molar-refractivity contribution in [1.29, 1.82) is 0 Å². The number of nitrogens with zero attached hydrogens (tertiary/aromatic N) is 3. The minimum absolute atomic E-state index is 0.122. The Morgan fingerprint density at radius 1 is 1.19 bits per heavy atom. The molecular formula is C18H17N3O6. The van der Waals surface area contributed by atoms with Crippen molar-refractivity contribution in [2.24, 2.45) is 0 Å². The summed E-state index contributed by atoms with van der Waals surface area (Å²) in [4.78, 5) is 27.7. The molecular weight excluding hydrogens is 354 g/mol. The van der Waals surface area contributed by atoms with Crippen LogP contribution >= 0.6 is 0 Å². The fraction of sp³-hybridized carbons (Fsp3) is 0.222. The fourth-order valence-electron chi connectivity index (χ4n) is 2.32. The number of esters is 1. The maximum atomic E-state index is 11.9. The largest absolute Gasteiger partial charge is 0.497 e. The van der Waals surface area contributed by atoms with Gasteiger partial charge in [0.1, 0.15) is 18.0 Å². The Labute approximate surface area is 154 Å². The first-order valence-corrected chi connectivity index (χ1v) is 7.97. The summed E-state index contributed by atoms with van der Waals surface area (Å²) in [7, 11) is 3.07. The Morgan fingerprint density at radius 2 is 2.04 bits per heavy atom. The second-order valence-electron chi connectivity index (χ2n) is 5.41. The number of pyridine rings is 1. The minimum atomic E-state index is -0.593. The van der Waals surface area contributed by atoms with Gasteiger partial charge >= 0.3 is 5.97 Å². The molecule has 0 aliphatic rings. The first-order chi connectivity index (χ1) is 13.1. The monoisotopic (exact) mass is 371 g/mol. The second kappa shape index (κ2) is 8.17. The average Bonchev–Trinajstić information content (AvgIpc) is 3.16. The number of carbonyl (C=O) groups excluding carboxylic acids is 1. The molecule has 27 heavy (non-hydrogen) atoms. The molecule has 0 saturated heterocycles. The van der Waals surface area contributed by atoms with Crippen LogP contribution < -0.4 is 15.0 Å². The van der Waals surface area contributed by atoms with Gasteiger partial charge in [-0.25, -0.2) is 0 Å². The van der Waals surface area contributed by atoms with Crippen molar-refractivity contribution in [1.82, 2.24) is 14.7 Å². The number of hydrogen-bond donors (Lipinski definition) is 0. The topological polar surface area (TPSA) is 106 Å². The standard InChI is InChI=1S/C18H17N3O6/c1-24-12-6-7-13(14(9-12)25-2)18-19-15(27-20-18)11-26-17(23)10-21-8-4-3-5-16(21)22/h3-9H,10-11H2,1-2H3. The van der Waals surface area contributed by atoms with Crippen LogP contribution in [0.1, 0.15) is 5.89 Å². The number of rotatable bonds is 7. The molecule has 0 aliphatic carbocycles. The molecule has 0 aliphatic heterocycles. The summed E-state index contributed by atoms with van der Waals surface area (Å²) in [5.41, 5.74) is 0.316. The highest BCUT2D eigenvalue weighted by Gasteiger charge is 2.15. The number of aromatic nitrogens is 3. The summed E-state index contributed by atoms with van der Waals surface area (Å²) >= 11 is 0. The van der Waals surface area contributed by atoms with Gasteiger partial charge < -0.3 is 23.3 Å². The molecule has 2 heterocycles. The summed E-state index contributed by atoms with van der Waals surface area (Å²) in [6, 6.07) is 9.78. The van der Waals surface area contributed by atoms with Crippen molar-refractivity contribution in [2.75, 3.05) is 14.2 Å². The van der Waals surface area contributed by atoms with Crippen molar-refractivity contribution < 1.29 is 23.5 Å². The maximum Gasteiger partial charge on any atom is 0.326 e. The molecule has 0 amide bonds. The predicted octanol–water partition coefficient (Wildman–Crippen LogP) is 1.66. The van der Waals surface area contributed by atoms with Gasteiger partial charge in [-0.2, -0.15) is 4.98 Å². The van der Waals surface area contributed by atoms with E-state index in [1.807, 2.05) is 0 Å². The van der Waals surface area contributed by atoms with Crippen molar-refractivity contribution in [3.05, 3.63) is 58.8 Å². The van der Waals surface area contributed by atoms with E-state index in [-0.39, 0.29) is 24.6 Å². The van der Waals surface area contributed by atoms with E-state index >= 15 is 0 Å². The Kier molecular flexibility index (Phi) is 5.50. The van der Waals surface area contributed by atoms with Gasteiger partial charge in [-0.3, -0.25) is 9.59 Å². The van der Waals surface area contributed by atoms with Crippen molar-refractivity contribution in [3.63, 3.8) is 0 Å². The van der Waals surface area contributed by atoms with E-state index < -0.39 is 5.97 Å². The quantitative estimate of drug-likeness (QED) is 0.577. The molecule has 0 bridgehead atoms. The molecule has 0 fully saturated rings. The van der Waals surface area contributed by atoms with Crippen LogP contribution in [0.4, 0.5) is 0 Å². The van der Waals surface area contributed by atoms with E-state index in [2.05, 4.69) is 10.1 Å². The third-order valence-electron chi connectivity index (χ3n) is 3.67. The molecule has 3 aromatic rings. The lowest BCUT2D eigenvalue weighted by Crippen LogP contribution is -2.23. The minimum Gasteiger partial charge on any atom is -0.497 e. The number of carbonyl (C=O) groups is 1. The van der Waals surface area contributed by atoms with Crippen LogP contribution in [0, 0.1) is 0 Å². The zero-order valence-electron chi connectivity index (χ0n) is 14.7. The van der Waals surface area contributed by atoms with Gasteiger partial charge in [-0.15, -0.1) is 0 Å².